The van der Waals surface area contributed by atoms with Gasteiger partial charge in [-0.1, -0.05) is 68.7 Å². The first-order valence-electron chi connectivity index (χ1n) is 20.5. The average Bonchev–Trinajstić information content (AvgIpc) is 3.65. The highest BCUT2D eigenvalue weighted by molar-refractivity contribution is 5.96. The van der Waals surface area contributed by atoms with Crippen molar-refractivity contribution in [2.75, 3.05) is 26.2 Å². The lowest BCUT2D eigenvalue weighted by Crippen LogP contribution is -2.54. The number of nitrogens with one attached hydrogen (secondary N) is 1. The number of carbonyl (C=O) groups excluding carboxylic acids is 3. The molecule has 4 fully saturated rings. The molecule has 7 rings (SSSR count). The molecule has 51 heavy (non-hydrogen) atoms. The van der Waals surface area contributed by atoms with E-state index in [2.05, 4.69) is 44.0 Å². The Morgan fingerprint density at radius 2 is 1.86 bits per heavy atom. The van der Waals surface area contributed by atoms with Crippen LogP contribution in [0.15, 0.2) is 47.1 Å². The smallest absolute Gasteiger partial charge is 0.223 e. The van der Waals surface area contributed by atoms with Crippen molar-refractivity contribution in [3.63, 3.8) is 0 Å². The zero-order valence-corrected chi connectivity index (χ0v) is 31.8. The number of carbonyl (C=O) groups is 3. The van der Waals surface area contributed by atoms with Gasteiger partial charge in [0.15, 0.2) is 5.78 Å². The van der Waals surface area contributed by atoms with Crippen LogP contribution in [0.3, 0.4) is 0 Å². The molecule has 2 heterocycles. The molecule has 2 aliphatic heterocycles. The molecule has 0 radical (unpaired) electrons. The quantitative estimate of drug-likeness (QED) is 0.134. The van der Waals surface area contributed by atoms with E-state index in [-0.39, 0.29) is 40.8 Å². The van der Waals surface area contributed by atoms with Crippen LogP contribution in [0.4, 0.5) is 0 Å². The number of amides is 1. The second-order valence-electron chi connectivity index (χ2n) is 17.5. The van der Waals surface area contributed by atoms with Gasteiger partial charge in [0.1, 0.15) is 5.78 Å². The molecule has 0 bridgehead atoms. The van der Waals surface area contributed by atoms with Crippen molar-refractivity contribution < 1.29 is 19.1 Å². The summed E-state index contributed by atoms with van der Waals surface area (Å²) in [5.74, 6) is 3.43. The van der Waals surface area contributed by atoms with Crippen LogP contribution in [0.5, 0.6) is 0 Å². The van der Waals surface area contributed by atoms with Gasteiger partial charge >= 0.3 is 0 Å². The van der Waals surface area contributed by atoms with E-state index >= 15 is 0 Å². The molecule has 1 spiro atoms. The number of Topliss-reactive ketones (excluding diaryl/α,β-unsaturated/α-hetero) is 2. The van der Waals surface area contributed by atoms with Gasteiger partial charge in [-0.2, -0.15) is 0 Å². The fourth-order valence-electron chi connectivity index (χ4n) is 11.8. The van der Waals surface area contributed by atoms with E-state index in [1.165, 1.54) is 17.6 Å². The van der Waals surface area contributed by atoms with Crippen molar-refractivity contribution in [2.45, 2.75) is 135 Å². The van der Waals surface area contributed by atoms with Crippen molar-refractivity contribution in [3.05, 3.63) is 58.2 Å². The first-order chi connectivity index (χ1) is 24.6. The number of hydrogen-bond donors (Lipinski definition) is 2. The summed E-state index contributed by atoms with van der Waals surface area (Å²) in [5.41, 5.74) is 11.8. The number of unbranched alkanes of at least 4 members (excludes halogenated alkanes) is 2. The monoisotopic (exact) mass is 697 g/mol. The Bertz CT molecular complexity index is 1550. The standard InChI is InChI=1S/C44H63N3O4/c1-28-24-40-42(47(27-28)41(50)16-11-31-9-12-32(13-10-31)39(49)8-6-5-7-22-46-23-21-45)30(3)44(51-40)20-18-35-36-15-14-33-25-34(48)17-19-43(33,4)38(36)26-37(35)29(44)2/h9-10,12-14,28,30,35-36,38,40,42,46H,5-8,11,15-27,45H2,1-4H3/t28?,30?,35?,36?,38?,40?,42?,43-,44-/m0/s1. The molecule has 1 aromatic carbocycles. The second kappa shape index (κ2) is 15.0. The predicted molar refractivity (Wildman–Crippen MR) is 202 cm³/mol. The number of nitrogens with zero attached hydrogens (tertiary/aromatic N) is 1. The molecule has 2 saturated carbocycles. The van der Waals surface area contributed by atoms with E-state index in [0.717, 1.165) is 88.5 Å². The van der Waals surface area contributed by atoms with Crippen LogP contribution in [0.25, 0.3) is 0 Å². The number of piperidine rings is 1. The van der Waals surface area contributed by atoms with Gasteiger partial charge < -0.3 is 20.7 Å². The summed E-state index contributed by atoms with van der Waals surface area (Å²) in [7, 11) is 0. The number of allylic oxidation sites excluding steroid dienone is 3. The van der Waals surface area contributed by atoms with Gasteiger partial charge in [-0.3, -0.25) is 14.4 Å². The Morgan fingerprint density at radius 3 is 2.65 bits per heavy atom. The number of likely N-dealkylation sites (tertiary alicyclic amines) is 1. The maximum atomic E-state index is 14.1. The van der Waals surface area contributed by atoms with Crippen molar-refractivity contribution >= 4 is 17.5 Å². The third kappa shape index (κ3) is 6.85. The molecule has 0 aromatic heterocycles. The van der Waals surface area contributed by atoms with Gasteiger partial charge in [-0.15, -0.1) is 0 Å². The van der Waals surface area contributed by atoms with Crippen molar-refractivity contribution in [2.24, 2.45) is 40.7 Å². The number of fused-ring (bicyclic) bond motifs is 6. The lowest BCUT2D eigenvalue weighted by Gasteiger charge is -2.47. The fraction of sp³-hybridized carbons (Fsp3) is 0.705. The maximum absolute atomic E-state index is 14.1. The van der Waals surface area contributed by atoms with Gasteiger partial charge in [-0.25, -0.2) is 0 Å². The number of rotatable bonds is 12. The van der Waals surface area contributed by atoms with Crippen molar-refractivity contribution in [3.8, 4) is 0 Å². The molecule has 1 aromatic rings. The average molecular weight is 698 g/mol. The van der Waals surface area contributed by atoms with Crippen LogP contribution < -0.4 is 11.1 Å². The summed E-state index contributed by atoms with van der Waals surface area (Å²) in [6.07, 6.45) is 15.1. The summed E-state index contributed by atoms with van der Waals surface area (Å²) in [6.45, 7) is 12.7. The first-order valence-corrected chi connectivity index (χ1v) is 20.5. The molecule has 9 atom stereocenters. The highest BCUT2D eigenvalue weighted by atomic mass is 16.5. The lowest BCUT2D eigenvalue weighted by atomic mass is 9.57. The van der Waals surface area contributed by atoms with Gasteiger partial charge in [0, 0.05) is 56.8 Å². The first kappa shape index (κ1) is 36.7. The van der Waals surface area contributed by atoms with Crippen molar-refractivity contribution in [1.82, 2.24) is 10.2 Å². The molecule has 1 amide bonds. The van der Waals surface area contributed by atoms with Crippen LogP contribution in [0.2, 0.25) is 0 Å². The molecule has 6 aliphatic rings. The molecule has 2 saturated heterocycles. The maximum Gasteiger partial charge on any atom is 0.223 e. The van der Waals surface area contributed by atoms with Gasteiger partial charge in [-0.05, 0) is 111 Å². The van der Waals surface area contributed by atoms with Crippen LogP contribution in [-0.4, -0.2) is 66.3 Å². The van der Waals surface area contributed by atoms with Gasteiger partial charge in [0.2, 0.25) is 5.91 Å². The van der Waals surface area contributed by atoms with E-state index in [4.69, 9.17) is 10.5 Å². The molecule has 3 N–H and O–H groups in total. The largest absolute Gasteiger partial charge is 0.365 e. The normalized spacial score (nSPS) is 35.7. The Hall–Kier alpha value is -2.61. The molecular formula is C44H63N3O4. The van der Waals surface area contributed by atoms with E-state index in [1.54, 1.807) is 5.57 Å². The molecule has 7 heteroatoms. The van der Waals surface area contributed by atoms with E-state index in [0.29, 0.717) is 61.7 Å². The second-order valence-corrected chi connectivity index (χ2v) is 17.5. The van der Waals surface area contributed by atoms with E-state index in [1.807, 2.05) is 24.3 Å². The summed E-state index contributed by atoms with van der Waals surface area (Å²) < 4.78 is 7.28. The van der Waals surface area contributed by atoms with Crippen LogP contribution in [0, 0.1) is 35.0 Å². The summed E-state index contributed by atoms with van der Waals surface area (Å²) >= 11 is 0. The van der Waals surface area contributed by atoms with Crippen LogP contribution in [-0.2, 0) is 20.7 Å². The zero-order chi connectivity index (χ0) is 35.9. The summed E-state index contributed by atoms with van der Waals surface area (Å²) in [6, 6.07) is 8.06. The molecule has 7 unspecified atom stereocenters. The highest BCUT2D eigenvalue weighted by Gasteiger charge is 2.62. The zero-order valence-electron chi connectivity index (χ0n) is 31.8. The van der Waals surface area contributed by atoms with Gasteiger partial charge in [0.25, 0.3) is 0 Å². The third-order valence-corrected chi connectivity index (χ3v) is 14.7. The highest BCUT2D eigenvalue weighted by Crippen LogP contribution is 2.65. The minimum absolute atomic E-state index is 0.0751. The minimum Gasteiger partial charge on any atom is -0.365 e. The number of aryl methyl sites for hydroxylation is 1. The third-order valence-electron chi connectivity index (χ3n) is 14.7. The Kier molecular flexibility index (Phi) is 10.8. The Balaban J connectivity index is 0.986. The molecule has 7 nitrogen and oxygen atoms in total. The summed E-state index contributed by atoms with van der Waals surface area (Å²) in [5, 5.41) is 3.30. The minimum atomic E-state index is -0.291. The van der Waals surface area contributed by atoms with E-state index < -0.39 is 0 Å². The van der Waals surface area contributed by atoms with Crippen LogP contribution in [0.1, 0.15) is 127 Å². The van der Waals surface area contributed by atoms with E-state index in [9.17, 15) is 14.4 Å². The number of nitrogens with two attached hydrogens (primary N) is 1. The topological polar surface area (TPSA) is 102 Å². The molecule has 4 aliphatic carbocycles. The number of hydrogen-bond acceptors (Lipinski definition) is 6. The number of benzene rings is 1. The number of ketones is 2. The van der Waals surface area contributed by atoms with Crippen LogP contribution >= 0.6 is 0 Å². The summed E-state index contributed by atoms with van der Waals surface area (Å²) in [4.78, 5) is 41.4. The Labute approximate surface area is 306 Å². The fourth-order valence-corrected chi connectivity index (χ4v) is 11.8. The predicted octanol–water partition coefficient (Wildman–Crippen LogP) is 7.37. The number of ether oxygens (including phenoxy) is 1. The lowest BCUT2D eigenvalue weighted by molar-refractivity contribution is -0.139. The SMILES string of the molecule is CC1=C2CC3C(CC=C4CC(=O)CC[C@@]43C)C2CC[C@]12OC1CC(C)CN(C(=O)CCc3ccc(C(=O)CCCCCNCCN)cc3)C1C2C. The Morgan fingerprint density at radius 1 is 1.06 bits per heavy atom. The molecule has 278 valence electrons. The molecular weight excluding hydrogens is 635 g/mol. The van der Waals surface area contributed by atoms with Gasteiger partial charge in [0.05, 0.1) is 17.7 Å². The van der Waals surface area contributed by atoms with Crippen molar-refractivity contribution in [1.29, 1.82) is 0 Å².